The Labute approximate surface area is 161 Å². The van der Waals surface area contributed by atoms with E-state index in [1.54, 1.807) is 37.5 Å². The Bertz CT molecular complexity index is 800. The first kappa shape index (κ1) is 19.7. The van der Waals surface area contributed by atoms with Crippen molar-refractivity contribution >= 4 is 39.6 Å². The molecule has 2 aromatic carbocycles. The number of ether oxygens (including phenoxy) is 2. The van der Waals surface area contributed by atoms with Gasteiger partial charge in [-0.3, -0.25) is 4.79 Å². The fourth-order valence-electron chi connectivity index (χ4n) is 2.11. The number of rotatable bonds is 7. The van der Waals surface area contributed by atoms with Crippen molar-refractivity contribution < 1.29 is 19.1 Å². The van der Waals surface area contributed by atoms with Gasteiger partial charge in [0.05, 0.1) is 23.8 Å². The van der Waals surface area contributed by atoms with Crippen LogP contribution in [0.2, 0.25) is 0 Å². The van der Waals surface area contributed by atoms with Crippen LogP contribution < -0.4 is 10.1 Å². The minimum Gasteiger partial charge on any atom is -0.496 e. The number of nitrogens with one attached hydrogen (secondary N) is 1. The van der Waals surface area contributed by atoms with Crippen molar-refractivity contribution in [1.82, 2.24) is 0 Å². The third-order valence-corrected chi connectivity index (χ3v) is 4.05. The Hall–Kier alpha value is -2.60. The number of carbonyl (C=O) groups is 2. The fraction of sp³-hybridized carbons (Fsp3) is 0.200. The molecule has 26 heavy (non-hydrogen) atoms. The number of anilines is 1. The number of carbonyl (C=O) groups excluding carboxylic acids is 2. The molecular weight excluding hydrogens is 398 g/mol. The van der Waals surface area contributed by atoms with E-state index in [0.29, 0.717) is 17.9 Å². The molecular formula is C20H20BrNO4. The molecule has 0 spiro atoms. The highest BCUT2D eigenvalue weighted by Crippen LogP contribution is 2.26. The van der Waals surface area contributed by atoms with Crippen LogP contribution in [-0.2, 0) is 9.53 Å². The molecule has 0 aliphatic rings. The number of esters is 1. The molecule has 0 saturated carbocycles. The smallest absolute Gasteiger partial charge is 0.338 e. The van der Waals surface area contributed by atoms with E-state index in [-0.39, 0.29) is 11.9 Å². The average molecular weight is 418 g/mol. The van der Waals surface area contributed by atoms with Crippen molar-refractivity contribution in [1.29, 1.82) is 0 Å². The maximum absolute atomic E-state index is 12.0. The lowest BCUT2D eigenvalue weighted by Gasteiger charge is -2.05. The normalized spacial score (nSPS) is 10.6. The van der Waals surface area contributed by atoms with E-state index in [9.17, 15) is 9.59 Å². The van der Waals surface area contributed by atoms with Crippen LogP contribution in [0, 0.1) is 0 Å². The molecule has 0 saturated heterocycles. The molecule has 2 aromatic rings. The number of hydrogen-bond acceptors (Lipinski definition) is 4. The first-order valence-corrected chi connectivity index (χ1v) is 8.92. The zero-order valence-electron chi connectivity index (χ0n) is 14.6. The van der Waals surface area contributed by atoms with Crippen LogP contribution in [0.4, 0.5) is 5.69 Å². The molecule has 0 bridgehead atoms. The molecule has 5 nitrogen and oxygen atoms in total. The largest absolute Gasteiger partial charge is 0.496 e. The van der Waals surface area contributed by atoms with Gasteiger partial charge >= 0.3 is 5.97 Å². The van der Waals surface area contributed by atoms with Crippen molar-refractivity contribution in [3.8, 4) is 5.75 Å². The van der Waals surface area contributed by atoms with E-state index in [0.717, 1.165) is 22.2 Å². The molecule has 136 valence electrons. The van der Waals surface area contributed by atoms with Gasteiger partial charge in [-0.2, -0.15) is 0 Å². The predicted octanol–water partition coefficient (Wildman–Crippen LogP) is 4.68. The van der Waals surface area contributed by atoms with Gasteiger partial charge in [-0.05, 0) is 70.4 Å². The van der Waals surface area contributed by atoms with Gasteiger partial charge in [-0.15, -0.1) is 0 Å². The van der Waals surface area contributed by atoms with Crippen molar-refractivity contribution in [2.75, 3.05) is 19.0 Å². The van der Waals surface area contributed by atoms with Crippen LogP contribution in [0.25, 0.3) is 6.08 Å². The number of hydrogen-bond donors (Lipinski definition) is 1. The van der Waals surface area contributed by atoms with Gasteiger partial charge < -0.3 is 14.8 Å². The Morgan fingerprint density at radius 1 is 1.15 bits per heavy atom. The maximum Gasteiger partial charge on any atom is 0.338 e. The molecule has 0 heterocycles. The second-order valence-electron chi connectivity index (χ2n) is 5.43. The second-order valence-corrected chi connectivity index (χ2v) is 6.28. The monoisotopic (exact) mass is 417 g/mol. The number of methoxy groups -OCH3 is 1. The highest BCUT2D eigenvalue weighted by molar-refractivity contribution is 9.10. The van der Waals surface area contributed by atoms with E-state index in [1.807, 2.05) is 25.1 Å². The predicted molar refractivity (Wildman–Crippen MR) is 105 cm³/mol. The van der Waals surface area contributed by atoms with Gasteiger partial charge in [0, 0.05) is 11.8 Å². The van der Waals surface area contributed by atoms with Crippen molar-refractivity contribution in [3.63, 3.8) is 0 Å². The summed E-state index contributed by atoms with van der Waals surface area (Å²) in [5, 5.41) is 2.74. The average Bonchev–Trinajstić information content (AvgIpc) is 2.65. The minimum atomic E-state index is -0.366. The lowest BCUT2D eigenvalue weighted by molar-refractivity contribution is -0.111. The molecule has 1 N–H and O–H groups in total. The van der Waals surface area contributed by atoms with Gasteiger partial charge in [-0.25, -0.2) is 4.79 Å². The van der Waals surface area contributed by atoms with Crippen LogP contribution in [-0.4, -0.2) is 25.6 Å². The first-order chi connectivity index (χ1) is 12.5. The van der Waals surface area contributed by atoms with E-state index < -0.39 is 0 Å². The van der Waals surface area contributed by atoms with Crippen LogP contribution in [0.15, 0.2) is 53.0 Å². The van der Waals surface area contributed by atoms with Crippen molar-refractivity contribution in [3.05, 3.63) is 64.1 Å². The van der Waals surface area contributed by atoms with E-state index in [2.05, 4.69) is 21.2 Å². The molecule has 0 radical (unpaired) electrons. The molecule has 0 aromatic heterocycles. The van der Waals surface area contributed by atoms with Crippen LogP contribution in [0.5, 0.6) is 5.75 Å². The standard InChI is InChI=1S/C20H20BrNO4/c1-3-12-26-20(24)15-6-8-16(9-7-15)22-19(23)11-5-14-4-10-18(25-2)17(21)13-14/h4-11,13H,3,12H2,1-2H3,(H,22,23). The summed E-state index contributed by atoms with van der Waals surface area (Å²) in [7, 11) is 1.60. The second kappa shape index (κ2) is 9.77. The molecule has 0 fully saturated rings. The topological polar surface area (TPSA) is 64.6 Å². The van der Waals surface area contributed by atoms with E-state index in [1.165, 1.54) is 6.08 Å². The number of amides is 1. The summed E-state index contributed by atoms with van der Waals surface area (Å²) < 4.78 is 11.0. The van der Waals surface area contributed by atoms with Crippen LogP contribution >= 0.6 is 15.9 Å². The summed E-state index contributed by atoms with van der Waals surface area (Å²) in [6, 6.07) is 12.1. The van der Waals surface area contributed by atoms with Crippen molar-refractivity contribution in [2.24, 2.45) is 0 Å². The maximum atomic E-state index is 12.0. The Morgan fingerprint density at radius 2 is 1.88 bits per heavy atom. The Kier molecular flexibility index (Phi) is 7.41. The van der Waals surface area contributed by atoms with E-state index in [4.69, 9.17) is 9.47 Å². The summed E-state index contributed by atoms with van der Waals surface area (Å²) in [6.45, 7) is 2.33. The van der Waals surface area contributed by atoms with Gasteiger partial charge in [0.2, 0.25) is 5.91 Å². The summed E-state index contributed by atoms with van der Waals surface area (Å²) in [6.07, 6.45) is 3.92. The first-order valence-electron chi connectivity index (χ1n) is 8.13. The van der Waals surface area contributed by atoms with Gasteiger partial charge in [-0.1, -0.05) is 13.0 Å². The van der Waals surface area contributed by atoms with Crippen LogP contribution in [0.1, 0.15) is 29.3 Å². The van der Waals surface area contributed by atoms with Gasteiger partial charge in [0.25, 0.3) is 0 Å². The minimum absolute atomic E-state index is 0.266. The lowest BCUT2D eigenvalue weighted by atomic mass is 10.2. The summed E-state index contributed by atoms with van der Waals surface area (Å²) in [5.41, 5.74) is 1.92. The molecule has 0 atom stereocenters. The molecule has 0 unspecified atom stereocenters. The highest BCUT2D eigenvalue weighted by atomic mass is 79.9. The third kappa shape index (κ3) is 5.74. The summed E-state index contributed by atoms with van der Waals surface area (Å²) in [5.74, 6) is 0.0945. The zero-order valence-corrected chi connectivity index (χ0v) is 16.2. The van der Waals surface area contributed by atoms with Crippen molar-refractivity contribution in [2.45, 2.75) is 13.3 Å². The van der Waals surface area contributed by atoms with Crippen LogP contribution in [0.3, 0.4) is 0 Å². The number of halogens is 1. The molecule has 6 heteroatoms. The Morgan fingerprint density at radius 3 is 2.50 bits per heavy atom. The van der Waals surface area contributed by atoms with Gasteiger partial charge in [0.1, 0.15) is 5.75 Å². The molecule has 2 rings (SSSR count). The lowest BCUT2D eigenvalue weighted by Crippen LogP contribution is -2.09. The van der Waals surface area contributed by atoms with E-state index >= 15 is 0 Å². The third-order valence-electron chi connectivity index (χ3n) is 3.43. The molecule has 1 amide bonds. The number of benzene rings is 2. The Balaban J connectivity index is 1.95. The zero-order chi connectivity index (χ0) is 18.9. The quantitative estimate of drug-likeness (QED) is 0.524. The summed E-state index contributed by atoms with van der Waals surface area (Å²) >= 11 is 3.40. The highest BCUT2D eigenvalue weighted by Gasteiger charge is 2.07. The summed E-state index contributed by atoms with van der Waals surface area (Å²) in [4.78, 5) is 23.8. The van der Waals surface area contributed by atoms with Gasteiger partial charge in [0.15, 0.2) is 0 Å². The SMILES string of the molecule is CCCOC(=O)c1ccc(NC(=O)C=Cc2ccc(OC)c(Br)c2)cc1. The fourth-order valence-corrected chi connectivity index (χ4v) is 2.67. The molecule has 0 aliphatic carbocycles. The molecule has 0 aliphatic heterocycles.